The molecule has 0 aromatic rings. The minimum Gasteiger partial charge on any atom is -0.313 e. The summed E-state index contributed by atoms with van der Waals surface area (Å²) in [6, 6.07) is 0.0118. The second-order valence-electron chi connectivity index (χ2n) is 3.31. The number of rotatable bonds is 4. The normalized spacial score (nSPS) is 11.6. The van der Waals surface area contributed by atoms with Crippen LogP contribution in [0.25, 0.3) is 0 Å². The molecule has 0 saturated carbocycles. The molecule has 0 aliphatic rings. The molecule has 0 saturated heterocycles. The van der Waals surface area contributed by atoms with Gasteiger partial charge in [0.1, 0.15) is 0 Å². The van der Waals surface area contributed by atoms with Gasteiger partial charge < -0.3 is 5.21 Å². The summed E-state index contributed by atoms with van der Waals surface area (Å²) in [6.07, 6.45) is 0. The summed E-state index contributed by atoms with van der Waals surface area (Å²) in [7, 11) is 0. The first-order chi connectivity index (χ1) is 4.95. The average Bonchev–Trinajstić information content (AvgIpc) is 1.87. The fraction of sp³-hybridized carbons (Fsp3) is 0.875. The highest BCUT2D eigenvalue weighted by Crippen LogP contribution is 1.98. The summed E-state index contributed by atoms with van der Waals surface area (Å²) in [5.41, 5.74) is 0. The maximum atomic E-state index is 11.1. The van der Waals surface area contributed by atoms with Gasteiger partial charge in [-0.3, -0.25) is 4.79 Å². The van der Waals surface area contributed by atoms with Gasteiger partial charge in [0.25, 0.3) is 0 Å². The lowest BCUT2D eigenvalue weighted by Crippen LogP contribution is -2.34. The molecule has 11 heavy (non-hydrogen) atoms. The molecule has 1 N–H and O–H groups in total. The Bertz CT molecular complexity index is 132. The quantitative estimate of drug-likeness (QED) is 0.629. The van der Waals surface area contributed by atoms with E-state index in [0.29, 0.717) is 0 Å². The third-order valence-corrected chi connectivity index (χ3v) is 1.56. The highest BCUT2D eigenvalue weighted by Gasteiger charge is 2.13. The van der Waals surface area contributed by atoms with Crippen LogP contribution in [0.1, 0.15) is 27.7 Å². The molecule has 3 nitrogen and oxygen atoms in total. The van der Waals surface area contributed by atoms with Gasteiger partial charge in [0.15, 0.2) is 5.78 Å². The van der Waals surface area contributed by atoms with Crippen molar-refractivity contribution in [3.63, 3.8) is 0 Å². The molecule has 0 aliphatic carbocycles. The van der Waals surface area contributed by atoms with E-state index in [4.69, 9.17) is 5.21 Å². The Morgan fingerprint density at radius 3 is 2.09 bits per heavy atom. The minimum atomic E-state index is 0.00315. The number of carbonyl (C=O) groups is 1. The molecule has 66 valence electrons. The van der Waals surface area contributed by atoms with Crippen molar-refractivity contribution in [1.82, 2.24) is 5.06 Å². The molecule has 0 aromatic heterocycles. The molecule has 0 fully saturated rings. The Hall–Kier alpha value is -0.410. The zero-order valence-corrected chi connectivity index (χ0v) is 7.66. The molecule has 0 spiro atoms. The van der Waals surface area contributed by atoms with Crippen LogP contribution in [0, 0.1) is 5.92 Å². The van der Waals surface area contributed by atoms with Crippen LogP contribution in [0.2, 0.25) is 0 Å². The summed E-state index contributed by atoms with van der Waals surface area (Å²) >= 11 is 0. The van der Waals surface area contributed by atoms with Gasteiger partial charge >= 0.3 is 0 Å². The van der Waals surface area contributed by atoms with E-state index >= 15 is 0 Å². The van der Waals surface area contributed by atoms with Crippen molar-refractivity contribution in [3.8, 4) is 0 Å². The van der Waals surface area contributed by atoms with Crippen molar-refractivity contribution in [2.45, 2.75) is 33.7 Å². The number of hydrogen-bond acceptors (Lipinski definition) is 3. The molecule has 0 rings (SSSR count). The lowest BCUT2D eigenvalue weighted by Gasteiger charge is -2.18. The van der Waals surface area contributed by atoms with E-state index in [-0.39, 0.29) is 24.3 Å². The van der Waals surface area contributed by atoms with Gasteiger partial charge in [0, 0.05) is 12.0 Å². The van der Waals surface area contributed by atoms with Crippen LogP contribution >= 0.6 is 0 Å². The molecule has 0 bridgehead atoms. The fourth-order valence-electron chi connectivity index (χ4n) is 0.525. The molecule has 3 heteroatoms. The monoisotopic (exact) mass is 159 g/mol. The van der Waals surface area contributed by atoms with Crippen LogP contribution in [-0.2, 0) is 4.79 Å². The van der Waals surface area contributed by atoms with Gasteiger partial charge in [-0.2, -0.15) is 5.06 Å². The first kappa shape index (κ1) is 10.6. The van der Waals surface area contributed by atoms with E-state index in [0.717, 1.165) is 5.06 Å². The van der Waals surface area contributed by atoms with Crippen LogP contribution in [-0.4, -0.2) is 28.6 Å². The molecular weight excluding hydrogens is 142 g/mol. The molecule has 0 heterocycles. The van der Waals surface area contributed by atoms with E-state index in [1.54, 1.807) is 0 Å². The summed E-state index contributed by atoms with van der Waals surface area (Å²) < 4.78 is 0. The molecule has 0 amide bonds. The van der Waals surface area contributed by atoms with Gasteiger partial charge in [-0.25, -0.2) is 0 Å². The van der Waals surface area contributed by atoms with Crippen LogP contribution in [0.3, 0.4) is 0 Å². The van der Waals surface area contributed by atoms with Crippen molar-refractivity contribution < 1.29 is 10.0 Å². The summed E-state index contributed by atoms with van der Waals surface area (Å²) in [6.45, 7) is 7.48. The van der Waals surface area contributed by atoms with Crippen LogP contribution in [0.15, 0.2) is 0 Å². The molecule has 0 aliphatic heterocycles. The Morgan fingerprint density at radius 2 is 1.82 bits per heavy atom. The van der Waals surface area contributed by atoms with Crippen molar-refractivity contribution in [3.05, 3.63) is 0 Å². The van der Waals surface area contributed by atoms with E-state index in [9.17, 15) is 4.79 Å². The standard InChI is InChI=1S/C8H17NO2/c1-6(2)8(10)5-9(11)7(3)4/h6-7,11H,5H2,1-4H3. The highest BCUT2D eigenvalue weighted by molar-refractivity contribution is 5.82. The Morgan fingerprint density at radius 1 is 1.36 bits per heavy atom. The minimum absolute atomic E-state index is 0.00315. The predicted molar refractivity (Wildman–Crippen MR) is 43.5 cm³/mol. The van der Waals surface area contributed by atoms with Gasteiger partial charge in [0.05, 0.1) is 6.54 Å². The Balaban J connectivity index is 3.76. The predicted octanol–water partition coefficient (Wildman–Crippen LogP) is 1.31. The highest BCUT2D eigenvalue weighted by atomic mass is 16.5. The number of carbonyl (C=O) groups excluding carboxylic acids is 1. The van der Waals surface area contributed by atoms with Gasteiger partial charge in [-0.15, -0.1) is 0 Å². The summed E-state index contributed by atoms with van der Waals surface area (Å²) in [4.78, 5) is 11.1. The SMILES string of the molecule is CC(C)C(=O)CN(O)C(C)C. The van der Waals surface area contributed by atoms with Crippen molar-refractivity contribution in [1.29, 1.82) is 0 Å². The number of ketones is 1. The van der Waals surface area contributed by atoms with E-state index in [1.807, 2.05) is 27.7 Å². The van der Waals surface area contributed by atoms with Gasteiger partial charge in [0.2, 0.25) is 0 Å². The Kier molecular flexibility index (Phi) is 4.30. The fourth-order valence-corrected chi connectivity index (χ4v) is 0.525. The average molecular weight is 159 g/mol. The smallest absolute Gasteiger partial charge is 0.151 e. The maximum absolute atomic E-state index is 11.1. The van der Waals surface area contributed by atoms with E-state index in [2.05, 4.69) is 0 Å². The van der Waals surface area contributed by atoms with Gasteiger partial charge in [-0.05, 0) is 13.8 Å². The zero-order chi connectivity index (χ0) is 9.02. The lowest BCUT2D eigenvalue weighted by molar-refractivity contribution is -0.146. The zero-order valence-electron chi connectivity index (χ0n) is 7.66. The third kappa shape index (κ3) is 4.11. The van der Waals surface area contributed by atoms with Crippen LogP contribution in [0.4, 0.5) is 0 Å². The Labute approximate surface area is 68.0 Å². The topological polar surface area (TPSA) is 40.5 Å². The molecular formula is C8H17NO2. The second kappa shape index (κ2) is 4.46. The molecule has 0 radical (unpaired) electrons. The molecule has 0 aromatic carbocycles. The first-order valence-corrected chi connectivity index (χ1v) is 3.93. The van der Waals surface area contributed by atoms with Crippen molar-refractivity contribution in [2.75, 3.05) is 6.54 Å². The number of nitrogens with zero attached hydrogens (tertiary/aromatic N) is 1. The lowest BCUT2D eigenvalue weighted by atomic mass is 10.1. The molecule has 0 unspecified atom stereocenters. The van der Waals surface area contributed by atoms with E-state index < -0.39 is 0 Å². The maximum Gasteiger partial charge on any atom is 0.151 e. The van der Waals surface area contributed by atoms with Crippen molar-refractivity contribution in [2.24, 2.45) is 5.92 Å². The number of hydrogen-bond donors (Lipinski definition) is 1. The summed E-state index contributed by atoms with van der Waals surface area (Å²) in [5.74, 6) is 0.0737. The van der Waals surface area contributed by atoms with Gasteiger partial charge in [-0.1, -0.05) is 13.8 Å². The first-order valence-electron chi connectivity index (χ1n) is 3.93. The van der Waals surface area contributed by atoms with Crippen LogP contribution < -0.4 is 0 Å². The molecule has 0 atom stereocenters. The van der Waals surface area contributed by atoms with E-state index in [1.165, 1.54) is 0 Å². The number of hydroxylamine groups is 2. The third-order valence-electron chi connectivity index (χ3n) is 1.56. The van der Waals surface area contributed by atoms with Crippen molar-refractivity contribution >= 4 is 5.78 Å². The largest absolute Gasteiger partial charge is 0.313 e. The number of Topliss-reactive ketones (excluding diaryl/α,β-unsaturated/α-hetero) is 1. The second-order valence-corrected chi connectivity index (χ2v) is 3.31. The summed E-state index contributed by atoms with van der Waals surface area (Å²) in [5, 5.41) is 10.2. The van der Waals surface area contributed by atoms with Crippen LogP contribution in [0.5, 0.6) is 0 Å².